The largest absolute Gasteiger partial charge is 0.465 e. The van der Waals surface area contributed by atoms with Gasteiger partial charge < -0.3 is 30.2 Å². The summed E-state index contributed by atoms with van der Waals surface area (Å²) in [6.07, 6.45) is 3.25. The molecule has 1 fully saturated rings. The average molecular weight is 594 g/mol. The van der Waals surface area contributed by atoms with Crippen LogP contribution in [0.3, 0.4) is 0 Å². The number of carbonyl (C=O) groups is 1. The number of esters is 1. The summed E-state index contributed by atoms with van der Waals surface area (Å²) in [4.78, 5) is 23.0. The van der Waals surface area contributed by atoms with Crippen molar-refractivity contribution in [3.8, 4) is 18.1 Å². The van der Waals surface area contributed by atoms with Crippen molar-refractivity contribution in [2.45, 2.75) is 43.2 Å². The topological polar surface area (TPSA) is 185 Å². The van der Waals surface area contributed by atoms with Gasteiger partial charge in [0.25, 0.3) is 0 Å². The summed E-state index contributed by atoms with van der Waals surface area (Å²) in [6, 6.07) is 7.14. The molecule has 0 amide bonds. The number of aromatic nitrogens is 4. The molecule has 5 N–H and O–H groups in total. The number of nitrogens with zero attached hydrogens (tertiary/aromatic N) is 4. The van der Waals surface area contributed by atoms with Crippen LogP contribution in [0.5, 0.6) is 5.75 Å². The van der Waals surface area contributed by atoms with Crippen LogP contribution in [0.1, 0.15) is 20.1 Å². The minimum atomic E-state index is -4.24. The number of benzene rings is 1. The van der Waals surface area contributed by atoms with E-state index in [0.717, 1.165) is 0 Å². The smallest absolute Gasteiger partial charge is 0.459 e. The number of imidazole rings is 1. The van der Waals surface area contributed by atoms with Crippen LogP contribution in [-0.2, 0) is 23.4 Å². The first-order chi connectivity index (χ1) is 19.0. The molecule has 0 aliphatic carbocycles. The Morgan fingerprint density at radius 1 is 1.40 bits per heavy atom. The highest BCUT2D eigenvalue weighted by Crippen LogP contribution is 2.48. The number of carbonyl (C=O) groups excluding carboxylic acids is 1. The molecule has 6 atom stereocenters. The van der Waals surface area contributed by atoms with Gasteiger partial charge in [-0.25, -0.2) is 9.55 Å². The molecule has 1 saturated heterocycles. The predicted molar refractivity (Wildman–Crippen MR) is 146 cm³/mol. The van der Waals surface area contributed by atoms with Gasteiger partial charge >= 0.3 is 13.7 Å². The second kappa shape index (κ2) is 12.0. The number of halogens is 1. The molecule has 2 aromatic heterocycles. The number of nitrogen functional groups attached to an aromatic ring is 1. The van der Waals surface area contributed by atoms with Crippen molar-refractivity contribution in [3.05, 3.63) is 36.7 Å². The van der Waals surface area contributed by atoms with Gasteiger partial charge in [-0.2, -0.15) is 15.1 Å². The van der Waals surface area contributed by atoms with E-state index in [1.165, 1.54) is 17.8 Å². The SMILES string of the molecule is C#C[C@@]1(Cl)[C@H](O)[C@@H](CO[P@@](=O)(N[C@@H](C)C(=O)OCC)Oc2ccccc2)O[C@H]1n1cnc2c(NC)nc(N)nc21. The van der Waals surface area contributed by atoms with E-state index in [1.807, 2.05) is 0 Å². The zero-order valence-electron chi connectivity index (χ0n) is 21.9. The molecule has 0 bridgehead atoms. The summed E-state index contributed by atoms with van der Waals surface area (Å²) in [6.45, 7) is 2.71. The Hall–Kier alpha value is -3.44. The minimum absolute atomic E-state index is 0.0429. The van der Waals surface area contributed by atoms with Crippen molar-refractivity contribution in [2.75, 3.05) is 31.3 Å². The van der Waals surface area contributed by atoms with Crippen LogP contribution in [0.25, 0.3) is 11.2 Å². The maximum Gasteiger partial charge on any atom is 0.459 e. The second-order valence-corrected chi connectivity index (χ2v) is 11.0. The lowest BCUT2D eigenvalue weighted by atomic mass is 9.99. The number of terminal acetylenes is 1. The Morgan fingerprint density at radius 3 is 2.77 bits per heavy atom. The monoisotopic (exact) mass is 593 g/mol. The number of fused-ring (bicyclic) bond motifs is 1. The quantitative estimate of drug-likeness (QED) is 0.110. The first-order valence-electron chi connectivity index (χ1n) is 12.2. The summed E-state index contributed by atoms with van der Waals surface area (Å²) in [5.74, 6) is 2.24. The van der Waals surface area contributed by atoms with Crippen LogP contribution in [-0.4, -0.2) is 74.0 Å². The number of hydrogen-bond acceptors (Lipinski definition) is 12. The highest BCUT2D eigenvalue weighted by molar-refractivity contribution is 7.52. The Morgan fingerprint density at radius 2 is 2.12 bits per heavy atom. The molecule has 16 heteroatoms. The second-order valence-electron chi connectivity index (χ2n) is 8.69. The molecule has 0 radical (unpaired) electrons. The van der Waals surface area contributed by atoms with Crippen molar-refractivity contribution in [1.29, 1.82) is 0 Å². The average Bonchev–Trinajstić information content (AvgIpc) is 3.46. The van der Waals surface area contributed by atoms with Gasteiger partial charge in [0.1, 0.15) is 24.0 Å². The Bertz CT molecular complexity index is 1450. The van der Waals surface area contributed by atoms with Gasteiger partial charge in [0.05, 0.1) is 19.5 Å². The highest BCUT2D eigenvalue weighted by atomic mass is 35.5. The number of hydrogen-bond donors (Lipinski definition) is 4. The molecule has 3 aromatic rings. The number of rotatable bonds is 11. The third-order valence-corrected chi connectivity index (χ3v) is 8.13. The van der Waals surface area contributed by atoms with E-state index in [-0.39, 0.29) is 24.0 Å². The van der Waals surface area contributed by atoms with Crippen LogP contribution >= 0.6 is 19.3 Å². The molecule has 3 heterocycles. The van der Waals surface area contributed by atoms with Gasteiger partial charge in [-0.3, -0.25) is 13.9 Å². The van der Waals surface area contributed by atoms with E-state index in [1.54, 1.807) is 44.3 Å². The molecule has 1 aromatic carbocycles. The Balaban J connectivity index is 1.60. The number of nitrogens with two attached hydrogens (primary N) is 1. The number of nitrogens with one attached hydrogen (secondary N) is 2. The third kappa shape index (κ3) is 5.85. The fourth-order valence-electron chi connectivity index (χ4n) is 4.03. The van der Waals surface area contributed by atoms with E-state index in [0.29, 0.717) is 11.3 Å². The van der Waals surface area contributed by atoms with Gasteiger partial charge in [-0.15, -0.1) is 6.42 Å². The van der Waals surface area contributed by atoms with E-state index >= 15 is 0 Å². The Labute approximate surface area is 235 Å². The highest BCUT2D eigenvalue weighted by Gasteiger charge is 2.56. The number of aliphatic hydroxyl groups is 1. The molecule has 40 heavy (non-hydrogen) atoms. The van der Waals surface area contributed by atoms with Gasteiger partial charge in [0.15, 0.2) is 28.1 Å². The van der Waals surface area contributed by atoms with Crippen LogP contribution < -0.4 is 20.7 Å². The zero-order valence-corrected chi connectivity index (χ0v) is 23.5. The van der Waals surface area contributed by atoms with Crippen molar-refractivity contribution in [1.82, 2.24) is 24.6 Å². The molecule has 14 nitrogen and oxygen atoms in total. The van der Waals surface area contributed by atoms with Crippen LogP contribution in [0.4, 0.5) is 11.8 Å². The van der Waals surface area contributed by atoms with E-state index in [2.05, 4.69) is 31.3 Å². The molecular formula is C24H29ClN7O7P. The summed E-state index contributed by atoms with van der Waals surface area (Å²) in [7, 11) is -2.60. The standard InChI is InChI=1S/C24H29ClN7O7P/c1-5-24(25)18(33)16(38-22(24)32-13-28-17-19(27-4)29-23(26)30-20(17)32)12-37-40(35,31-14(3)21(34)36-6-2)39-15-10-8-7-9-11-15/h1,7-11,13-14,16,18,22,33H,6,12H2,2-4H3,(H,31,35)(H3,26,27,29,30)/t14-,16+,18+,22+,24+,40-/m0/s1. The summed E-state index contributed by atoms with van der Waals surface area (Å²) >= 11 is 6.73. The lowest BCUT2D eigenvalue weighted by Gasteiger charge is -2.25. The molecule has 0 unspecified atom stereocenters. The molecule has 214 valence electrons. The molecule has 1 aliphatic heterocycles. The van der Waals surface area contributed by atoms with Crippen molar-refractivity contribution >= 4 is 48.2 Å². The zero-order chi connectivity index (χ0) is 29.1. The lowest BCUT2D eigenvalue weighted by molar-refractivity contribution is -0.144. The number of ether oxygens (including phenoxy) is 2. The van der Waals surface area contributed by atoms with E-state index in [9.17, 15) is 14.5 Å². The summed E-state index contributed by atoms with van der Waals surface area (Å²) < 4.78 is 37.5. The molecule has 0 saturated carbocycles. The maximum atomic E-state index is 13.8. The van der Waals surface area contributed by atoms with Crippen molar-refractivity contribution in [2.24, 2.45) is 0 Å². The van der Waals surface area contributed by atoms with E-state index in [4.69, 9.17) is 42.3 Å². The van der Waals surface area contributed by atoms with E-state index < -0.39 is 49.7 Å². The van der Waals surface area contributed by atoms with Crippen molar-refractivity contribution < 1.29 is 33.0 Å². The normalized spacial score (nSPS) is 24.6. The number of alkyl halides is 1. The van der Waals surface area contributed by atoms with Gasteiger partial charge in [0, 0.05) is 7.05 Å². The first-order valence-corrected chi connectivity index (χ1v) is 14.1. The van der Waals surface area contributed by atoms with Gasteiger partial charge in [-0.1, -0.05) is 35.7 Å². The minimum Gasteiger partial charge on any atom is -0.465 e. The third-order valence-electron chi connectivity index (χ3n) is 5.96. The number of para-hydroxylation sites is 1. The maximum absolute atomic E-state index is 13.8. The fraction of sp³-hybridized carbons (Fsp3) is 0.417. The summed E-state index contributed by atoms with van der Waals surface area (Å²) in [5.41, 5.74) is 6.46. The number of anilines is 2. The molecule has 4 rings (SSSR count). The molecular weight excluding hydrogens is 565 g/mol. The van der Waals surface area contributed by atoms with Crippen LogP contribution in [0.15, 0.2) is 36.7 Å². The van der Waals surface area contributed by atoms with Crippen LogP contribution in [0.2, 0.25) is 0 Å². The lowest BCUT2D eigenvalue weighted by Crippen LogP contribution is -2.41. The fourth-order valence-corrected chi connectivity index (χ4v) is 5.83. The first kappa shape index (κ1) is 29.5. The van der Waals surface area contributed by atoms with Gasteiger partial charge in [-0.05, 0) is 26.0 Å². The number of aliphatic hydroxyl groups excluding tert-OH is 1. The van der Waals surface area contributed by atoms with Crippen molar-refractivity contribution in [3.63, 3.8) is 0 Å². The van der Waals surface area contributed by atoms with Gasteiger partial charge in [0.2, 0.25) is 5.95 Å². The molecule has 1 aliphatic rings. The van der Waals surface area contributed by atoms with Crippen LogP contribution in [0, 0.1) is 12.3 Å². The summed E-state index contributed by atoms with van der Waals surface area (Å²) in [5, 5.41) is 16.6. The predicted octanol–water partition coefficient (Wildman–Crippen LogP) is 2.06. The molecule has 0 spiro atoms. The Kier molecular flexibility index (Phi) is 8.84.